The third-order valence-electron chi connectivity index (χ3n) is 3.68. The lowest BCUT2D eigenvalue weighted by Crippen LogP contribution is -2.29. The Hall–Kier alpha value is -1.00. The fourth-order valence-electron chi connectivity index (χ4n) is 2.39. The molecule has 0 amide bonds. The molecule has 1 unspecified atom stereocenters. The normalized spacial score (nSPS) is 19.7. The van der Waals surface area contributed by atoms with E-state index in [1.165, 1.54) is 24.1 Å². The molecule has 0 radical (unpaired) electrons. The van der Waals surface area contributed by atoms with Crippen LogP contribution in [0.5, 0.6) is 0 Å². The van der Waals surface area contributed by atoms with Gasteiger partial charge in [-0.3, -0.25) is 0 Å². The molecule has 18 heavy (non-hydrogen) atoms. The third-order valence-corrected chi connectivity index (χ3v) is 3.68. The zero-order chi connectivity index (χ0) is 13.2. The maximum absolute atomic E-state index is 5.45. The fourth-order valence-corrected chi connectivity index (χ4v) is 2.39. The van der Waals surface area contributed by atoms with Crippen LogP contribution in [0, 0.1) is 0 Å². The molecule has 4 heteroatoms. The monoisotopic (exact) mass is 249 g/mol. The van der Waals surface area contributed by atoms with Gasteiger partial charge in [-0.05, 0) is 39.7 Å². The molecule has 1 aromatic heterocycles. The maximum atomic E-state index is 5.45. The number of methoxy groups -OCH3 is 1. The van der Waals surface area contributed by atoms with E-state index in [1.54, 1.807) is 7.11 Å². The van der Waals surface area contributed by atoms with Crippen LogP contribution in [0.15, 0.2) is 6.20 Å². The van der Waals surface area contributed by atoms with Gasteiger partial charge >= 0.3 is 0 Å². The molecule has 1 aliphatic carbocycles. The van der Waals surface area contributed by atoms with Crippen LogP contribution in [0.3, 0.4) is 0 Å². The van der Waals surface area contributed by atoms with Crippen LogP contribution in [0.4, 0.5) is 0 Å². The summed E-state index contributed by atoms with van der Waals surface area (Å²) < 4.78 is 5.45. The van der Waals surface area contributed by atoms with Crippen molar-refractivity contribution in [3.63, 3.8) is 0 Å². The van der Waals surface area contributed by atoms with E-state index in [2.05, 4.69) is 17.2 Å². The van der Waals surface area contributed by atoms with Gasteiger partial charge in [-0.1, -0.05) is 6.92 Å². The first kappa shape index (κ1) is 13.4. The molecule has 0 aromatic carbocycles. The Morgan fingerprint density at radius 2 is 2.28 bits per heavy atom. The summed E-state index contributed by atoms with van der Waals surface area (Å²) in [6, 6.07) is 0.415. The second-order valence-electron chi connectivity index (χ2n) is 5.31. The molecule has 0 aliphatic heterocycles. The molecule has 0 saturated heterocycles. The molecular weight excluding hydrogens is 226 g/mol. The Kier molecular flexibility index (Phi) is 3.97. The first-order valence-corrected chi connectivity index (χ1v) is 6.73. The number of hydrogen-bond donors (Lipinski definition) is 1. The fraction of sp³-hybridized carbons (Fsp3) is 0.714. The lowest BCUT2D eigenvalue weighted by atomic mass is 9.92. The number of nitrogens with one attached hydrogen (secondary N) is 1. The topological polar surface area (TPSA) is 47.0 Å². The summed E-state index contributed by atoms with van der Waals surface area (Å²) in [5.74, 6) is 0.779. The van der Waals surface area contributed by atoms with Crippen molar-refractivity contribution in [1.29, 1.82) is 0 Å². The van der Waals surface area contributed by atoms with Gasteiger partial charge in [-0.25, -0.2) is 9.97 Å². The zero-order valence-corrected chi connectivity index (χ0v) is 11.8. The minimum Gasteiger partial charge on any atom is -0.371 e. The smallest absolute Gasteiger partial charge is 0.159 e. The van der Waals surface area contributed by atoms with Gasteiger partial charge in [-0.2, -0.15) is 0 Å². The first-order chi connectivity index (χ1) is 8.58. The van der Waals surface area contributed by atoms with E-state index in [9.17, 15) is 0 Å². The van der Waals surface area contributed by atoms with Crippen LogP contribution in [0.1, 0.15) is 56.7 Å². The van der Waals surface area contributed by atoms with E-state index in [0.717, 1.165) is 18.8 Å². The summed E-state index contributed by atoms with van der Waals surface area (Å²) in [7, 11) is 1.70. The summed E-state index contributed by atoms with van der Waals surface area (Å²) in [6.07, 6.45) is 5.39. The van der Waals surface area contributed by atoms with E-state index in [4.69, 9.17) is 9.72 Å². The van der Waals surface area contributed by atoms with E-state index in [-0.39, 0.29) is 0 Å². The maximum Gasteiger partial charge on any atom is 0.159 e. The Labute approximate surface area is 109 Å². The Morgan fingerprint density at radius 1 is 1.50 bits per heavy atom. The molecule has 0 fully saturated rings. The van der Waals surface area contributed by atoms with Gasteiger partial charge in [0, 0.05) is 30.6 Å². The Bertz CT molecular complexity index is 418. The van der Waals surface area contributed by atoms with Gasteiger partial charge in [-0.15, -0.1) is 0 Å². The predicted octanol–water partition coefficient (Wildman–Crippen LogP) is 2.35. The van der Waals surface area contributed by atoms with E-state index < -0.39 is 5.60 Å². The van der Waals surface area contributed by atoms with Crippen LogP contribution < -0.4 is 5.32 Å². The van der Waals surface area contributed by atoms with Crippen LogP contribution in [-0.2, 0) is 16.8 Å². The highest BCUT2D eigenvalue weighted by Gasteiger charge is 2.27. The summed E-state index contributed by atoms with van der Waals surface area (Å²) in [5, 5.41) is 3.50. The van der Waals surface area contributed by atoms with Crippen LogP contribution in [0.2, 0.25) is 0 Å². The SMILES string of the molecule is CCNC1CCCc2nc(C(C)(C)OC)ncc21. The largest absolute Gasteiger partial charge is 0.371 e. The number of hydrogen-bond acceptors (Lipinski definition) is 4. The molecule has 2 rings (SSSR count). The van der Waals surface area contributed by atoms with Crippen LogP contribution in [-0.4, -0.2) is 23.6 Å². The molecule has 1 N–H and O–H groups in total. The summed E-state index contributed by atoms with van der Waals surface area (Å²) in [6.45, 7) is 7.12. The van der Waals surface area contributed by atoms with Crippen molar-refractivity contribution in [3.8, 4) is 0 Å². The molecule has 1 aliphatic rings. The number of rotatable bonds is 4. The Morgan fingerprint density at radius 3 is 2.94 bits per heavy atom. The number of ether oxygens (including phenoxy) is 1. The van der Waals surface area contributed by atoms with Gasteiger partial charge in [0.1, 0.15) is 5.60 Å². The van der Waals surface area contributed by atoms with Crippen molar-refractivity contribution in [1.82, 2.24) is 15.3 Å². The van der Waals surface area contributed by atoms with E-state index in [0.29, 0.717) is 6.04 Å². The highest BCUT2D eigenvalue weighted by molar-refractivity contribution is 5.25. The van der Waals surface area contributed by atoms with E-state index >= 15 is 0 Å². The molecule has 4 nitrogen and oxygen atoms in total. The molecule has 0 saturated carbocycles. The van der Waals surface area contributed by atoms with Gasteiger partial charge < -0.3 is 10.1 Å². The second kappa shape index (κ2) is 5.33. The quantitative estimate of drug-likeness (QED) is 0.889. The zero-order valence-electron chi connectivity index (χ0n) is 11.8. The number of aromatic nitrogens is 2. The van der Waals surface area contributed by atoms with Crippen molar-refractivity contribution < 1.29 is 4.74 Å². The second-order valence-corrected chi connectivity index (χ2v) is 5.31. The van der Waals surface area contributed by atoms with Gasteiger partial charge in [0.15, 0.2) is 5.82 Å². The highest BCUT2D eigenvalue weighted by Crippen LogP contribution is 2.30. The van der Waals surface area contributed by atoms with Gasteiger partial charge in [0.05, 0.1) is 0 Å². The average molecular weight is 249 g/mol. The lowest BCUT2D eigenvalue weighted by molar-refractivity contribution is 0.0111. The first-order valence-electron chi connectivity index (χ1n) is 6.73. The molecule has 100 valence electrons. The minimum atomic E-state index is -0.417. The van der Waals surface area contributed by atoms with Crippen molar-refractivity contribution in [3.05, 3.63) is 23.3 Å². The molecule has 1 aromatic rings. The number of fused-ring (bicyclic) bond motifs is 1. The average Bonchev–Trinajstić information content (AvgIpc) is 2.39. The van der Waals surface area contributed by atoms with Crippen LogP contribution in [0.25, 0.3) is 0 Å². The number of nitrogens with zero attached hydrogens (tertiary/aromatic N) is 2. The van der Waals surface area contributed by atoms with Gasteiger partial charge in [0.25, 0.3) is 0 Å². The third kappa shape index (κ3) is 2.54. The molecule has 0 spiro atoms. The van der Waals surface area contributed by atoms with Gasteiger partial charge in [0.2, 0.25) is 0 Å². The molecular formula is C14H23N3O. The Balaban J connectivity index is 2.32. The van der Waals surface area contributed by atoms with Crippen molar-refractivity contribution in [2.24, 2.45) is 0 Å². The standard InChI is InChI=1S/C14H23N3O/c1-5-15-11-7-6-8-12-10(11)9-16-13(17-12)14(2,3)18-4/h9,11,15H,5-8H2,1-4H3. The molecule has 0 bridgehead atoms. The highest BCUT2D eigenvalue weighted by atomic mass is 16.5. The summed E-state index contributed by atoms with van der Waals surface area (Å²) in [5.41, 5.74) is 2.03. The van der Waals surface area contributed by atoms with Crippen LogP contribution >= 0.6 is 0 Å². The lowest BCUT2D eigenvalue weighted by Gasteiger charge is -2.27. The van der Waals surface area contributed by atoms with Crippen molar-refractivity contribution in [2.75, 3.05) is 13.7 Å². The molecule has 1 atom stereocenters. The van der Waals surface area contributed by atoms with Crippen molar-refractivity contribution in [2.45, 2.75) is 51.7 Å². The predicted molar refractivity (Wildman–Crippen MR) is 71.4 cm³/mol. The number of aryl methyl sites for hydroxylation is 1. The summed E-state index contributed by atoms with van der Waals surface area (Å²) in [4.78, 5) is 9.20. The van der Waals surface area contributed by atoms with E-state index in [1.807, 2.05) is 20.0 Å². The molecule has 1 heterocycles. The summed E-state index contributed by atoms with van der Waals surface area (Å²) >= 11 is 0. The van der Waals surface area contributed by atoms with Crippen molar-refractivity contribution >= 4 is 0 Å². The minimum absolute atomic E-state index is 0.415.